The van der Waals surface area contributed by atoms with E-state index >= 15 is 0 Å². The van der Waals surface area contributed by atoms with Crippen LogP contribution < -0.4 is 5.32 Å². The first-order chi connectivity index (χ1) is 14.1. The Morgan fingerprint density at radius 1 is 1.17 bits per heavy atom. The second-order valence-electron chi connectivity index (χ2n) is 6.86. The third-order valence-corrected chi connectivity index (χ3v) is 5.39. The van der Waals surface area contributed by atoms with E-state index in [1.54, 1.807) is 12.4 Å². The fraction of sp³-hybridized carbons (Fsp3) is 0.0909. The molecule has 1 aliphatic heterocycles. The van der Waals surface area contributed by atoms with Gasteiger partial charge in [-0.15, -0.1) is 0 Å². The van der Waals surface area contributed by atoms with E-state index in [0.29, 0.717) is 22.5 Å². The van der Waals surface area contributed by atoms with Crippen molar-refractivity contribution in [3.05, 3.63) is 77.9 Å². The number of phenolic OH excluding ortho intramolecular Hbond substituents is 1. The first-order valence-corrected chi connectivity index (χ1v) is 8.98. The summed E-state index contributed by atoms with van der Waals surface area (Å²) in [5, 5.41) is 13.7. The molecule has 0 bridgehead atoms. The molecule has 1 aliphatic rings. The van der Waals surface area contributed by atoms with Crippen LogP contribution in [0, 0.1) is 5.82 Å². The number of pyridine rings is 1. The molecule has 0 saturated carbocycles. The summed E-state index contributed by atoms with van der Waals surface area (Å²) in [6.45, 7) is 0. The fourth-order valence-electron chi connectivity index (χ4n) is 4.07. The number of fused-ring (bicyclic) bond motifs is 2. The highest BCUT2D eigenvalue weighted by Gasteiger charge is 2.48. The first kappa shape index (κ1) is 17.2. The van der Waals surface area contributed by atoms with E-state index < -0.39 is 23.1 Å². The van der Waals surface area contributed by atoms with Crippen molar-refractivity contribution in [2.24, 2.45) is 0 Å². The van der Waals surface area contributed by atoms with Gasteiger partial charge in [0, 0.05) is 34.6 Å². The van der Waals surface area contributed by atoms with Crippen molar-refractivity contribution in [2.75, 3.05) is 12.4 Å². The molecule has 29 heavy (non-hydrogen) atoms. The van der Waals surface area contributed by atoms with Crippen LogP contribution in [0.2, 0.25) is 0 Å². The molecule has 1 atom stereocenters. The Hall–Kier alpha value is -3.87. The summed E-state index contributed by atoms with van der Waals surface area (Å²) in [4.78, 5) is 20.8. The fourth-order valence-corrected chi connectivity index (χ4v) is 4.07. The van der Waals surface area contributed by atoms with Crippen LogP contribution in [0.4, 0.5) is 10.1 Å². The minimum atomic E-state index is -1.55. The van der Waals surface area contributed by atoms with Crippen LogP contribution in [-0.4, -0.2) is 28.2 Å². The Morgan fingerprint density at radius 3 is 2.79 bits per heavy atom. The summed E-state index contributed by atoms with van der Waals surface area (Å²) >= 11 is 0. The second kappa shape index (κ2) is 6.07. The lowest BCUT2D eigenvalue weighted by atomic mass is 9.82. The van der Waals surface area contributed by atoms with Crippen LogP contribution in [0.3, 0.4) is 0 Å². The van der Waals surface area contributed by atoms with Gasteiger partial charge in [-0.1, -0.05) is 24.3 Å². The molecule has 0 aliphatic carbocycles. The number of ether oxygens (including phenoxy) is 1. The Kier molecular flexibility index (Phi) is 3.61. The van der Waals surface area contributed by atoms with Crippen LogP contribution in [0.25, 0.3) is 22.2 Å². The number of aromatic nitrogens is 2. The minimum absolute atomic E-state index is 0.298. The van der Waals surface area contributed by atoms with E-state index in [0.717, 1.165) is 22.6 Å². The van der Waals surface area contributed by atoms with E-state index in [9.17, 15) is 14.3 Å². The molecule has 6 nitrogen and oxygen atoms in total. The van der Waals surface area contributed by atoms with Crippen molar-refractivity contribution >= 4 is 22.7 Å². The SMILES string of the molecule is COC(=O)C1(c2ccc(O)c(F)c2)Nc2ccccc2-c2ccnc3[nH]cc1c23. The Balaban J connectivity index is 1.95. The molecular weight excluding hydrogens is 373 g/mol. The number of rotatable bonds is 2. The van der Waals surface area contributed by atoms with Crippen molar-refractivity contribution in [2.45, 2.75) is 5.54 Å². The lowest BCUT2D eigenvalue weighted by molar-refractivity contribution is -0.144. The zero-order valence-corrected chi connectivity index (χ0v) is 15.4. The number of H-pyrrole nitrogens is 1. The number of aromatic amines is 1. The molecule has 144 valence electrons. The number of methoxy groups -OCH3 is 1. The molecule has 4 aromatic rings. The topological polar surface area (TPSA) is 87.2 Å². The number of esters is 1. The Morgan fingerprint density at radius 2 is 2.00 bits per heavy atom. The van der Waals surface area contributed by atoms with Crippen molar-refractivity contribution in [3.8, 4) is 16.9 Å². The van der Waals surface area contributed by atoms with Gasteiger partial charge in [-0.05, 0) is 35.4 Å². The van der Waals surface area contributed by atoms with Crippen molar-refractivity contribution in [3.63, 3.8) is 0 Å². The number of aromatic hydroxyl groups is 1. The smallest absolute Gasteiger partial charge is 0.341 e. The third kappa shape index (κ3) is 2.27. The number of para-hydroxylation sites is 1. The van der Waals surface area contributed by atoms with Gasteiger partial charge in [-0.25, -0.2) is 14.2 Å². The van der Waals surface area contributed by atoms with E-state index in [1.165, 1.54) is 19.2 Å². The highest BCUT2D eigenvalue weighted by molar-refractivity contribution is 6.07. The number of nitrogens with one attached hydrogen (secondary N) is 2. The molecule has 2 aromatic carbocycles. The van der Waals surface area contributed by atoms with Crippen LogP contribution in [0.5, 0.6) is 5.75 Å². The molecule has 0 saturated heterocycles. The van der Waals surface area contributed by atoms with E-state index in [-0.39, 0.29) is 0 Å². The average Bonchev–Trinajstić information content (AvgIpc) is 3.13. The van der Waals surface area contributed by atoms with Gasteiger partial charge < -0.3 is 20.1 Å². The van der Waals surface area contributed by atoms with E-state index in [2.05, 4.69) is 15.3 Å². The summed E-state index contributed by atoms with van der Waals surface area (Å²) in [5.41, 5.74) is 2.37. The van der Waals surface area contributed by atoms with Crippen LogP contribution in [-0.2, 0) is 15.1 Å². The number of carbonyl (C=O) groups is 1. The Bertz CT molecular complexity index is 1280. The molecule has 0 fully saturated rings. The van der Waals surface area contributed by atoms with Gasteiger partial charge in [0.15, 0.2) is 17.1 Å². The lowest BCUT2D eigenvalue weighted by Crippen LogP contribution is -2.45. The van der Waals surface area contributed by atoms with Crippen LogP contribution in [0.15, 0.2) is 60.9 Å². The average molecular weight is 389 g/mol. The molecule has 3 N–H and O–H groups in total. The maximum absolute atomic E-state index is 14.3. The number of benzene rings is 2. The normalized spacial score (nSPS) is 17.3. The molecule has 0 radical (unpaired) electrons. The number of phenols is 1. The minimum Gasteiger partial charge on any atom is -0.505 e. The highest BCUT2D eigenvalue weighted by Crippen LogP contribution is 2.47. The van der Waals surface area contributed by atoms with Crippen molar-refractivity contribution in [1.29, 1.82) is 0 Å². The maximum Gasteiger partial charge on any atom is 0.341 e. The van der Waals surface area contributed by atoms with Gasteiger partial charge in [0.2, 0.25) is 0 Å². The van der Waals surface area contributed by atoms with E-state index in [1.807, 2.05) is 30.3 Å². The maximum atomic E-state index is 14.3. The summed E-state index contributed by atoms with van der Waals surface area (Å²) in [6, 6.07) is 13.3. The summed E-state index contributed by atoms with van der Waals surface area (Å²) < 4.78 is 19.5. The summed E-state index contributed by atoms with van der Waals surface area (Å²) in [6.07, 6.45) is 3.38. The van der Waals surface area contributed by atoms with Crippen LogP contribution in [0.1, 0.15) is 11.1 Å². The van der Waals surface area contributed by atoms with E-state index in [4.69, 9.17) is 4.74 Å². The monoisotopic (exact) mass is 389 g/mol. The van der Waals surface area contributed by atoms with Crippen LogP contribution >= 0.6 is 0 Å². The second-order valence-corrected chi connectivity index (χ2v) is 6.86. The van der Waals surface area contributed by atoms with Gasteiger partial charge >= 0.3 is 5.97 Å². The van der Waals surface area contributed by atoms with Gasteiger partial charge in [-0.2, -0.15) is 0 Å². The molecule has 1 unspecified atom stereocenters. The zero-order valence-electron chi connectivity index (χ0n) is 15.4. The zero-order chi connectivity index (χ0) is 20.2. The lowest BCUT2D eigenvalue weighted by Gasteiger charge is -2.33. The third-order valence-electron chi connectivity index (χ3n) is 5.39. The summed E-state index contributed by atoms with van der Waals surface area (Å²) in [5.74, 6) is -1.94. The predicted octanol–water partition coefficient (Wildman–Crippen LogP) is 3.92. The van der Waals surface area contributed by atoms with Crippen molar-refractivity contribution in [1.82, 2.24) is 9.97 Å². The predicted molar refractivity (Wildman–Crippen MR) is 106 cm³/mol. The van der Waals surface area contributed by atoms with Gasteiger partial charge in [-0.3, -0.25) is 0 Å². The van der Waals surface area contributed by atoms with Gasteiger partial charge in [0.05, 0.1) is 7.11 Å². The molecule has 2 aromatic heterocycles. The number of halogens is 1. The first-order valence-electron chi connectivity index (χ1n) is 8.98. The molecular formula is C22H16FN3O3. The number of anilines is 1. The highest BCUT2D eigenvalue weighted by atomic mass is 19.1. The quantitative estimate of drug-likeness (QED) is 0.453. The van der Waals surface area contributed by atoms with Gasteiger partial charge in [0.25, 0.3) is 0 Å². The van der Waals surface area contributed by atoms with Gasteiger partial charge in [0.1, 0.15) is 5.65 Å². The number of nitrogens with zero attached hydrogens (tertiary/aromatic N) is 1. The number of carbonyl (C=O) groups excluding carboxylic acids is 1. The number of hydrogen-bond donors (Lipinski definition) is 3. The standard InChI is InChI=1S/C22H16FN3O3/c1-29-21(28)22(12-6-7-18(27)16(23)10-12)15-11-25-20-19(15)14(8-9-24-20)13-4-2-3-5-17(13)26-22/h2-11,26-27H,1H3,(H,24,25). The largest absolute Gasteiger partial charge is 0.505 e. The summed E-state index contributed by atoms with van der Waals surface area (Å²) in [7, 11) is 1.29. The number of hydrogen-bond acceptors (Lipinski definition) is 5. The molecule has 7 heteroatoms. The molecule has 0 amide bonds. The molecule has 3 heterocycles. The molecule has 0 spiro atoms. The van der Waals surface area contributed by atoms with Crippen molar-refractivity contribution < 1.29 is 19.0 Å². The molecule has 5 rings (SSSR count). The Labute approximate surface area is 165 Å².